The predicted octanol–water partition coefficient (Wildman–Crippen LogP) is 1.53. The van der Waals surface area contributed by atoms with Crippen molar-refractivity contribution in [1.29, 1.82) is 0 Å². The van der Waals surface area contributed by atoms with E-state index in [4.69, 9.17) is 0 Å². The van der Waals surface area contributed by atoms with Crippen LogP contribution in [0.15, 0.2) is 36.5 Å². The average Bonchev–Trinajstić information content (AvgIpc) is 2.88. The summed E-state index contributed by atoms with van der Waals surface area (Å²) in [4.78, 5) is 28.3. The molecule has 0 bridgehead atoms. The third-order valence-electron chi connectivity index (χ3n) is 4.03. The van der Waals surface area contributed by atoms with Gasteiger partial charge in [-0.25, -0.2) is 4.39 Å². The highest BCUT2D eigenvalue weighted by Crippen LogP contribution is 2.51. The maximum atomic E-state index is 13.6. The SMILES string of the molecule is O=C1CC2(C(=O)N1)c1cc(F)ccc1-c1ncccc12. The molecule has 1 atom stereocenters. The molecule has 4 rings (SSSR count). The number of nitrogens with one attached hydrogen (secondary N) is 1. The molecule has 2 aromatic rings. The Bertz CT molecular complexity index is 787. The molecule has 20 heavy (non-hydrogen) atoms. The summed E-state index contributed by atoms with van der Waals surface area (Å²) in [7, 11) is 0. The second-order valence-electron chi connectivity index (χ2n) is 5.05. The van der Waals surface area contributed by atoms with Gasteiger partial charge in [0.25, 0.3) is 0 Å². The van der Waals surface area contributed by atoms with Crippen LogP contribution in [0, 0.1) is 5.82 Å². The lowest BCUT2D eigenvalue weighted by atomic mass is 9.77. The Balaban J connectivity index is 2.12. The van der Waals surface area contributed by atoms with Crippen molar-refractivity contribution in [3.8, 4) is 11.3 Å². The van der Waals surface area contributed by atoms with Gasteiger partial charge in [-0.1, -0.05) is 6.07 Å². The topological polar surface area (TPSA) is 59.1 Å². The first kappa shape index (κ1) is 11.3. The molecule has 4 nitrogen and oxygen atoms in total. The van der Waals surface area contributed by atoms with E-state index in [1.807, 2.05) is 0 Å². The van der Waals surface area contributed by atoms with Gasteiger partial charge in [0, 0.05) is 18.2 Å². The number of fused-ring (bicyclic) bond motifs is 5. The van der Waals surface area contributed by atoms with Crippen LogP contribution in [0.25, 0.3) is 11.3 Å². The van der Waals surface area contributed by atoms with Crippen LogP contribution < -0.4 is 5.32 Å². The summed E-state index contributed by atoms with van der Waals surface area (Å²) in [6, 6.07) is 7.78. The fourth-order valence-electron chi connectivity index (χ4n) is 3.22. The minimum Gasteiger partial charge on any atom is -0.295 e. The third-order valence-corrected chi connectivity index (χ3v) is 4.03. The number of carbonyl (C=O) groups is 2. The zero-order valence-corrected chi connectivity index (χ0v) is 10.3. The lowest BCUT2D eigenvalue weighted by molar-refractivity contribution is -0.125. The van der Waals surface area contributed by atoms with Gasteiger partial charge >= 0.3 is 0 Å². The highest BCUT2D eigenvalue weighted by Gasteiger charge is 2.55. The van der Waals surface area contributed by atoms with Gasteiger partial charge in [-0.2, -0.15) is 0 Å². The van der Waals surface area contributed by atoms with Crippen LogP contribution in [0.4, 0.5) is 4.39 Å². The van der Waals surface area contributed by atoms with Crippen molar-refractivity contribution in [1.82, 2.24) is 10.3 Å². The summed E-state index contributed by atoms with van der Waals surface area (Å²) in [5.41, 5.74) is 1.43. The van der Waals surface area contributed by atoms with E-state index in [0.29, 0.717) is 22.4 Å². The Morgan fingerprint density at radius 3 is 2.80 bits per heavy atom. The van der Waals surface area contributed by atoms with Crippen LogP contribution in [-0.2, 0) is 15.0 Å². The molecule has 0 saturated carbocycles. The van der Waals surface area contributed by atoms with Gasteiger partial charge in [0.2, 0.25) is 11.8 Å². The molecule has 1 saturated heterocycles. The van der Waals surface area contributed by atoms with Crippen molar-refractivity contribution in [3.63, 3.8) is 0 Å². The predicted molar refractivity (Wildman–Crippen MR) is 68.2 cm³/mol. The molecule has 98 valence electrons. The van der Waals surface area contributed by atoms with Gasteiger partial charge in [-0.3, -0.25) is 19.9 Å². The van der Waals surface area contributed by atoms with E-state index in [2.05, 4.69) is 10.3 Å². The molecule has 2 amide bonds. The molecule has 5 heteroatoms. The van der Waals surface area contributed by atoms with Crippen molar-refractivity contribution in [2.24, 2.45) is 0 Å². The van der Waals surface area contributed by atoms with Crippen LogP contribution in [0.2, 0.25) is 0 Å². The number of amides is 2. The highest BCUT2D eigenvalue weighted by molar-refractivity contribution is 6.14. The Morgan fingerprint density at radius 1 is 1.20 bits per heavy atom. The summed E-state index contributed by atoms with van der Waals surface area (Å²) < 4.78 is 13.6. The number of benzene rings is 1. The molecular weight excluding hydrogens is 259 g/mol. The summed E-state index contributed by atoms with van der Waals surface area (Å²) in [5, 5.41) is 2.32. The van der Waals surface area contributed by atoms with Gasteiger partial charge in [0.15, 0.2) is 0 Å². The Morgan fingerprint density at radius 2 is 2.05 bits per heavy atom. The van der Waals surface area contributed by atoms with Gasteiger partial charge in [-0.05, 0) is 35.4 Å². The second kappa shape index (κ2) is 3.50. The standard InChI is InChI=1S/C15H9FN2O2/c16-8-3-4-9-11(6-8)15(7-12(19)18-14(15)20)10-2-1-5-17-13(9)10/h1-6H,7H2,(H,18,19,20). The lowest BCUT2D eigenvalue weighted by Gasteiger charge is -2.21. The summed E-state index contributed by atoms with van der Waals surface area (Å²) in [5.74, 6) is -1.17. The molecule has 2 aliphatic rings. The van der Waals surface area contributed by atoms with E-state index in [1.165, 1.54) is 12.1 Å². The molecule has 1 N–H and O–H groups in total. The van der Waals surface area contributed by atoms with Crippen LogP contribution >= 0.6 is 0 Å². The van der Waals surface area contributed by atoms with Crippen molar-refractivity contribution < 1.29 is 14.0 Å². The Labute approximate surface area is 113 Å². The normalized spacial score (nSPS) is 22.9. The largest absolute Gasteiger partial charge is 0.295 e. The van der Waals surface area contributed by atoms with E-state index < -0.39 is 17.1 Å². The number of halogens is 1. The highest BCUT2D eigenvalue weighted by atomic mass is 19.1. The number of nitrogens with zero attached hydrogens (tertiary/aromatic N) is 1. The number of aromatic nitrogens is 1. The van der Waals surface area contributed by atoms with E-state index in [-0.39, 0.29) is 12.3 Å². The lowest BCUT2D eigenvalue weighted by Crippen LogP contribution is -2.35. The monoisotopic (exact) mass is 268 g/mol. The van der Waals surface area contributed by atoms with Crippen LogP contribution in [-0.4, -0.2) is 16.8 Å². The Kier molecular flexibility index (Phi) is 1.98. The molecule has 1 aromatic heterocycles. The zero-order valence-electron chi connectivity index (χ0n) is 10.3. The van der Waals surface area contributed by atoms with E-state index in [1.54, 1.807) is 24.4 Å². The average molecular weight is 268 g/mol. The molecule has 1 aliphatic carbocycles. The van der Waals surface area contributed by atoms with Gasteiger partial charge < -0.3 is 0 Å². The first-order chi connectivity index (χ1) is 9.63. The Hall–Kier alpha value is -2.56. The summed E-state index contributed by atoms with van der Waals surface area (Å²) >= 11 is 0. The number of imide groups is 1. The maximum absolute atomic E-state index is 13.6. The number of carbonyl (C=O) groups excluding carboxylic acids is 2. The van der Waals surface area contributed by atoms with E-state index in [9.17, 15) is 14.0 Å². The zero-order chi connectivity index (χ0) is 13.9. The number of hydrogen-bond acceptors (Lipinski definition) is 3. The van der Waals surface area contributed by atoms with Crippen molar-refractivity contribution in [2.75, 3.05) is 0 Å². The smallest absolute Gasteiger partial charge is 0.242 e. The van der Waals surface area contributed by atoms with Crippen molar-refractivity contribution in [2.45, 2.75) is 11.8 Å². The van der Waals surface area contributed by atoms with Crippen LogP contribution in [0.5, 0.6) is 0 Å². The fraction of sp³-hybridized carbons (Fsp3) is 0.133. The first-order valence-corrected chi connectivity index (χ1v) is 6.23. The molecule has 1 unspecified atom stereocenters. The van der Waals surface area contributed by atoms with Crippen LogP contribution in [0.3, 0.4) is 0 Å². The molecular formula is C15H9FN2O2. The second-order valence-corrected chi connectivity index (χ2v) is 5.05. The first-order valence-electron chi connectivity index (χ1n) is 6.23. The van der Waals surface area contributed by atoms with Gasteiger partial charge in [0.05, 0.1) is 5.69 Å². The quantitative estimate of drug-likeness (QED) is 0.737. The summed E-state index contributed by atoms with van der Waals surface area (Å²) in [6.07, 6.45) is 1.63. The molecule has 2 heterocycles. The van der Waals surface area contributed by atoms with E-state index >= 15 is 0 Å². The minimum absolute atomic E-state index is 0.000972. The summed E-state index contributed by atoms with van der Waals surface area (Å²) in [6.45, 7) is 0. The molecule has 1 aromatic carbocycles. The van der Waals surface area contributed by atoms with Crippen molar-refractivity contribution >= 4 is 11.8 Å². The number of rotatable bonds is 0. The number of pyridine rings is 1. The number of hydrogen-bond donors (Lipinski definition) is 1. The van der Waals surface area contributed by atoms with Gasteiger partial charge in [0.1, 0.15) is 11.2 Å². The van der Waals surface area contributed by atoms with E-state index in [0.717, 1.165) is 0 Å². The molecule has 1 spiro atoms. The van der Waals surface area contributed by atoms with Gasteiger partial charge in [-0.15, -0.1) is 0 Å². The maximum Gasteiger partial charge on any atom is 0.242 e. The fourth-order valence-corrected chi connectivity index (χ4v) is 3.22. The minimum atomic E-state index is -1.13. The third kappa shape index (κ3) is 1.17. The molecule has 1 aliphatic heterocycles. The van der Waals surface area contributed by atoms with Crippen LogP contribution in [0.1, 0.15) is 17.5 Å². The van der Waals surface area contributed by atoms with Crippen molar-refractivity contribution in [3.05, 3.63) is 53.5 Å². The molecule has 0 radical (unpaired) electrons. The molecule has 1 fully saturated rings.